The molecule has 1 aromatic heterocycles. The van der Waals surface area contributed by atoms with E-state index in [1.807, 2.05) is 0 Å². The lowest BCUT2D eigenvalue weighted by Crippen LogP contribution is -2.27. The maximum absolute atomic E-state index is 13.0. The van der Waals surface area contributed by atoms with E-state index in [-0.39, 0.29) is 16.9 Å². The Bertz CT molecular complexity index is 711. The maximum atomic E-state index is 13.0. The number of nitrogens with zero attached hydrogens (tertiary/aromatic N) is 1. The Morgan fingerprint density at radius 3 is 2.71 bits per heavy atom. The molecule has 1 aliphatic carbocycles. The number of nitrogens with one attached hydrogen (secondary N) is 1. The number of carbonyl (C=O) groups excluding carboxylic acids is 1. The van der Waals surface area contributed by atoms with Gasteiger partial charge >= 0.3 is 0 Å². The molecule has 1 saturated carbocycles. The summed E-state index contributed by atoms with van der Waals surface area (Å²) in [6, 6.07) is 4.62. The van der Waals surface area contributed by atoms with Crippen molar-refractivity contribution in [3.8, 4) is 0 Å². The molecule has 0 radical (unpaired) electrons. The molecule has 2 aromatic rings. The van der Waals surface area contributed by atoms with E-state index < -0.39 is 4.92 Å². The number of rotatable bonds is 4. The number of aromatic amines is 1. The minimum atomic E-state index is -0.425. The average molecular weight is 286 g/mol. The van der Waals surface area contributed by atoms with Gasteiger partial charge in [-0.1, -0.05) is 19.8 Å². The molecule has 1 aromatic carbocycles. The number of carbonyl (C=O) groups is 1. The molecule has 1 heterocycles. The monoisotopic (exact) mass is 286 g/mol. The molecular formula is C16H18N2O3. The fourth-order valence-electron chi connectivity index (χ4n) is 3.49. The van der Waals surface area contributed by atoms with Crippen LogP contribution in [-0.4, -0.2) is 15.7 Å². The van der Waals surface area contributed by atoms with Gasteiger partial charge in [-0.05, 0) is 25.3 Å². The molecule has 0 unspecified atom stereocenters. The first kappa shape index (κ1) is 13.8. The van der Waals surface area contributed by atoms with Crippen molar-refractivity contribution >= 4 is 22.4 Å². The fraction of sp³-hybridized carbons (Fsp3) is 0.438. The van der Waals surface area contributed by atoms with Crippen molar-refractivity contribution in [3.63, 3.8) is 0 Å². The van der Waals surface area contributed by atoms with Crippen molar-refractivity contribution in [1.29, 1.82) is 0 Å². The first-order valence-electron chi connectivity index (χ1n) is 7.38. The van der Waals surface area contributed by atoms with Gasteiger partial charge in [0.05, 0.1) is 4.92 Å². The molecule has 0 atom stereocenters. The number of hydrogen-bond acceptors (Lipinski definition) is 3. The van der Waals surface area contributed by atoms with E-state index >= 15 is 0 Å². The molecule has 1 N–H and O–H groups in total. The van der Waals surface area contributed by atoms with Crippen LogP contribution in [0, 0.1) is 15.5 Å². The highest BCUT2D eigenvalue weighted by Gasteiger charge is 2.40. The first-order chi connectivity index (χ1) is 10.1. The summed E-state index contributed by atoms with van der Waals surface area (Å²) >= 11 is 0. The molecule has 5 nitrogen and oxygen atoms in total. The molecule has 0 amide bonds. The van der Waals surface area contributed by atoms with Crippen LogP contribution in [0.2, 0.25) is 0 Å². The summed E-state index contributed by atoms with van der Waals surface area (Å²) in [5.41, 5.74) is 1.11. The Morgan fingerprint density at radius 2 is 2.10 bits per heavy atom. The molecule has 0 aliphatic heterocycles. The Morgan fingerprint density at radius 1 is 1.38 bits per heavy atom. The van der Waals surface area contributed by atoms with Crippen molar-refractivity contribution in [2.45, 2.75) is 39.0 Å². The number of Topliss-reactive ketones (excluding diaryl/α,β-unsaturated/α-hetero) is 1. The standard InChI is InChI=1S/C16H18N2O3/c1-2-16(7-3-4-8-16)15(19)13-10-17-14-6-5-11(18(20)21)9-12(13)14/h5-6,9-10,17H,2-4,7-8H2,1H3. The topological polar surface area (TPSA) is 76.0 Å². The largest absolute Gasteiger partial charge is 0.360 e. The van der Waals surface area contributed by atoms with Gasteiger partial charge in [-0.2, -0.15) is 0 Å². The second-order valence-electron chi connectivity index (χ2n) is 5.86. The summed E-state index contributed by atoms with van der Waals surface area (Å²) in [4.78, 5) is 26.5. The maximum Gasteiger partial charge on any atom is 0.270 e. The molecule has 0 spiro atoms. The van der Waals surface area contributed by atoms with Gasteiger partial charge in [0.2, 0.25) is 0 Å². The van der Waals surface area contributed by atoms with Crippen molar-refractivity contribution in [2.75, 3.05) is 0 Å². The first-order valence-corrected chi connectivity index (χ1v) is 7.38. The van der Waals surface area contributed by atoms with Crippen LogP contribution >= 0.6 is 0 Å². The van der Waals surface area contributed by atoms with Crippen LogP contribution in [0.3, 0.4) is 0 Å². The highest BCUT2D eigenvalue weighted by molar-refractivity contribution is 6.11. The van der Waals surface area contributed by atoms with Gasteiger partial charge in [-0.25, -0.2) is 0 Å². The Hall–Kier alpha value is -2.17. The predicted molar refractivity (Wildman–Crippen MR) is 80.5 cm³/mol. The smallest absolute Gasteiger partial charge is 0.270 e. The lowest BCUT2D eigenvalue weighted by Gasteiger charge is -2.25. The number of H-pyrrole nitrogens is 1. The SMILES string of the molecule is CCC1(C(=O)c2c[nH]c3ccc([N+](=O)[O-])cc23)CCCC1. The second kappa shape index (κ2) is 4.98. The third kappa shape index (κ3) is 2.13. The molecule has 0 bridgehead atoms. The third-order valence-corrected chi connectivity index (χ3v) is 4.84. The summed E-state index contributed by atoms with van der Waals surface area (Å²) in [5.74, 6) is 0.134. The normalized spacial score (nSPS) is 17.2. The Kier molecular flexibility index (Phi) is 3.27. The Balaban J connectivity index is 2.09. The van der Waals surface area contributed by atoms with Crippen molar-refractivity contribution in [1.82, 2.24) is 4.98 Å². The number of ketones is 1. The van der Waals surface area contributed by atoms with Gasteiger partial charge in [0.1, 0.15) is 0 Å². The summed E-state index contributed by atoms with van der Waals surface area (Å²) in [6.45, 7) is 2.06. The van der Waals surface area contributed by atoms with E-state index in [1.165, 1.54) is 12.1 Å². The lowest BCUT2D eigenvalue weighted by atomic mass is 9.76. The minimum Gasteiger partial charge on any atom is -0.360 e. The summed E-state index contributed by atoms with van der Waals surface area (Å²) in [6.07, 6.45) is 6.54. The van der Waals surface area contributed by atoms with Crippen molar-refractivity contribution in [3.05, 3.63) is 40.1 Å². The van der Waals surface area contributed by atoms with E-state index in [1.54, 1.807) is 12.3 Å². The zero-order valence-electron chi connectivity index (χ0n) is 12.0. The predicted octanol–water partition coefficient (Wildman–Crippen LogP) is 4.23. The number of benzene rings is 1. The van der Waals surface area contributed by atoms with Gasteiger partial charge in [0.25, 0.3) is 5.69 Å². The molecule has 3 rings (SSSR count). The van der Waals surface area contributed by atoms with Gasteiger partial charge in [0, 0.05) is 40.2 Å². The summed E-state index contributed by atoms with van der Waals surface area (Å²) in [5, 5.41) is 11.6. The van der Waals surface area contributed by atoms with E-state index in [2.05, 4.69) is 11.9 Å². The van der Waals surface area contributed by atoms with E-state index in [0.29, 0.717) is 10.9 Å². The van der Waals surface area contributed by atoms with E-state index in [9.17, 15) is 14.9 Å². The van der Waals surface area contributed by atoms with E-state index in [4.69, 9.17) is 0 Å². The molecule has 0 saturated heterocycles. The van der Waals surface area contributed by atoms with Gasteiger partial charge < -0.3 is 4.98 Å². The molecule has 1 aliphatic rings. The number of aromatic nitrogens is 1. The lowest BCUT2D eigenvalue weighted by molar-refractivity contribution is -0.384. The summed E-state index contributed by atoms with van der Waals surface area (Å²) < 4.78 is 0. The molecule has 110 valence electrons. The number of fused-ring (bicyclic) bond motifs is 1. The third-order valence-electron chi connectivity index (χ3n) is 4.84. The summed E-state index contributed by atoms with van der Waals surface area (Å²) in [7, 11) is 0. The second-order valence-corrected chi connectivity index (χ2v) is 5.86. The molecule has 5 heteroatoms. The van der Waals surface area contributed by atoms with E-state index in [0.717, 1.165) is 37.6 Å². The highest BCUT2D eigenvalue weighted by Crippen LogP contribution is 2.44. The Labute approximate surface area is 122 Å². The van der Waals surface area contributed by atoms with Gasteiger partial charge in [0.15, 0.2) is 5.78 Å². The van der Waals surface area contributed by atoms with Gasteiger partial charge in [-0.3, -0.25) is 14.9 Å². The number of nitro benzene ring substituents is 1. The highest BCUT2D eigenvalue weighted by atomic mass is 16.6. The fourth-order valence-corrected chi connectivity index (χ4v) is 3.49. The van der Waals surface area contributed by atoms with Crippen LogP contribution in [-0.2, 0) is 0 Å². The van der Waals surface area contributed by atoms with Crippen LogP contribution < -0.4 is 0 Å². The number of hydrogen-bond donors (Lipinski definition) is 1. The minimum absolute atomic E-state index is 0.0214. The molecular weight excluding hydrogens is 268 g/mol. The van der Waals surface area contributed by atoms with Crippen molar-refractivity contribution in [2.24, 2.45) is 5.41 Å². The van der Waals surface area contributed by atoms with Crippen molar-refractivity contribution < 1.29 is 9.72 Å². The molecule has 21 heavy (non-hydrogen) atoms. The van der Waals surface area contributed by atoms with Crippen LogP contribution in [0.5, 0.6) is 0 Å². The molecule has 1 fully saturated rings. The number of non-ortho nitro benzene ring substituents is 1. The van der Waals surface area contributed by atoms with Crippen LogP contribution in [0.4, 0.5) is 5.69 Å². The van der Waals surface area contributed by atoms with Gasteiger partial charge in [-0.15, -0.1) is 0 Å². The van der Waals surface area contributed by atoms with Crippen LogP contribution in [0.1, 0.15) is 49.4 Å². The zero-order chi connectivity index (χ0) is 15.0. The van der Waals surface area contributed by atoms with Crippen LogP contribution in [0.25, 0.3) is 10.9 Å². The quantitative estimate of drug-likeness (QED) is 0.519. The van der Waals surface area contributed by atoms with Crippen LogP contribution in [0.15, 0.2) is 24.4 Å². The zero-order valence-corrected chi connectivity index (χ0v) is 12.0. The number of nitro groups is 1. The average Bonchev–Trinajstić information content (AvgIpc) is 3.13.